The second kappa shape index (κ2) is 10.1. The van der Waals surface area contributed by atoms with E-state index in [0.717, 1.165) is 26.9 Å². The molecule has 25 heavy (non-hydrogen) atoms. The molecule has 0 radical (unpaired) electrons. The number of esters is 3. The van der Waals surface area contributed by atoms with E-state index in [1.54, 1.807) is 24.3 Å². The number of carbonyl (C=O) groups is 4. The Kier molecular flexibility index (Phi) is 8.11. The maximum absolute atomic E-state index is 12.2. The molecule has 1 N–H and O–H groups in total. The Morgan fingerprint density at radius 3 is 2.04 bits per heavy atom. The molecule has 0 saturated heterocycles. The quantitative estimate of drug-likeness (QED) is 0.528. The molecule has 0 spiro atoms. The maximum atomic E-state index is 12.2. The van der Waals surface area contributed by atoms with Gasteiger partial charge >= 0.3 is 17.9 Å². The van der Waals surface area contributed by atoms with Gasteiger partial charge in [-0.15, -0.1) is 0 Å². The lowest BCUT2D eigenvalue weighted by Gasteiger charge is -2.23. The van der Waals surface area contributed by atoms with Gasteiger partial charge in [-0.3, -0.25) is 14.4 Å². The number of benzene rings is 1. The van der Waals surface area contributed by atoms with Crippen molar-refractivity contribution in [2.24, 2.45) is 5.92 Å². The smallest absolute Gasteiger partial charge is 0.329 e. The molecule has 0 bridgehead atoms. The van der Waals surface area contributed by atoms with Gasteiger partial charge in [0.25, 0.3) is 0 Å². The average molecular weight is 351 g/mol. The summed E-state index contributed by atoms with van der Waals surface area (Å²) >= 11 is 0. The molecule has 2 atom stereocenters. The SMILES string of the molecule is COC(=O)C[C@@H](C(=O)OC)[C@@H](NC(=O)Cc1ccccc1)C(=O)OC. The van der Waals surface area contributed by atoms with Crippen LogP contribution in [0.2, 0.25) is 0 Å². The van der Waals surface area contributed by atoms with Crippen LogP contribution in [0, 0.1) is 5.92 Å². The van der Waals surface area contributed by atoms with Gasteiger partial charge in [-0.05, 0) is 5.56 Å². The molecule has 0 saturated carbocycles. The monoisotopic (exact) mass is 351 g/mol. The first-order chi connectivity index (χ1) is 11.9. The van der Waals surface area contributed by atoms with Crippen molar-refractivity contribution in [3.8, 4) is 0 Å². The zero-order valence-corrected chi connectivity index (χ0v) is 14.3. The molecule has 136 valence electrons. The van der Waals surface area contributed by atoms with E-state index in [-0.39, 0.29) is 6.42 Å². The molecule has 0 aliphatic rings. The number of rotatable bonds is 8. The molecule has 8 heteroatoms. The van der Waals surface area contributed by atoms with Crippen molar-refractivity contribution in [2.75, 3.05) is 21.3 Å². The van der Waals surface area contributed by atoms with E-state index >= 15 is 0 Å². The molecule has 0 aliphatic carbocycles. The highest BCUT2D eigenvalue weighted by atomic mass is 16.5. The van der Waals surface area contributed by atoms with E-state index in [0.29, 0.717) is 0 Å². The lowest BCUT2D eigenvalue weighted by molar-refractivity contribution is -0.159. The summed E-state index contributed by atoms with van der Waals surface area (Å²) in [5, 5.41) is 2.44. The van der Waals surface area contributed by atoms with Gasteiger partial charge in [0.2, 0.25) is 5.91 Å². The Bertz CT molecular complexity index is 615. The molecule has 0 aromatic heterocycles. The molecule has 0 aliphatic heterocycles. The van der Waals surface area contributed by atoms with E-state index in [1.165, 1.54) is 0 Å². The van der Waals surface area contributed by atoms with E-state index in [9.17, 15) is 19.2 Å². The van der Waals surface area contributed by atoms with Crippen molar-refractivity contribution in [3.05, 3.63) is 35.9 Å². The fraction of sp³-hybridized carbons (Fsp3) is 0.412. The van der Waals surface area contributed by atoms with Crippen LogP contribution in [0.5, 0.6) is 0 Å². The highest BCUT2D eigenvalue weighted by Gasteiger charge is 2.38. The summed E-state index contributed by atoms with van der Waals surface area (Å²) in [5.41, 5.74) is 0.728. The normalized spacial score (nSPS) is 12.4. The third-order valence-corrected chi connectivity index (χ3v) is 3.50. The molecule has 1 amide bonds. The fourth-order valence-electron chi connectivity index (χ4n) is 2.21. The van der Waals surface area contributed by atoms with Crippen LogP contribution in [0.15, 0.2) is 30.3 Å². The first-order valence-corrected chi connectivity index (χ1v) is 7.48. The minimum atomic E-state index is -1.37. The molecule has 8 nitrogen and oxygen atoms in total. The zero-order valence-electron chi connectivity index (χ0n) is 14.3. The molecule has 1 aromatic carbocycles. The summed E-state index contributed by atoms with van der Waals surface area (Å²) < 4.78 is 13.8. The number of hydrogen-bond acceptors (Lipinski definition) is 7. The zero-order chi connectivity index (χ0) is 18.8. The van der Waals surface area contributed by atoms with Crippen LogP contribution in [0.4, 0.5) is 0 Å². The van der Waals surface area contributed by atoms with Crippen LogP contribution in [-0.4, -0.2) is 51.2 Å². The van der Waals surface area contributed by atoms with Crippen LogP contribution in [0.3, 0.4) is 0 Å². The van der Waals surface area contributed by atoms with Crippen LogP contribution < -0.4 is 5.32 Å². The van der Waals surface area contributed by atoms with Crippen molar-refractivity contribution in [1.29, 1.82) is 0 Å². The minimum Gasteiger partial charge on any atom is -0.469 e. The van der Waals surface area contributed by atoms with Crippen molar-refractivity contribution in [3.63, 3.8) is 0 Å². The van der Waals surface area contributed by atoms with Gasteiger partial charge in [0.05, 0.1) is 40.1 Å². The van der Waals surface area contributed by atoms with E-state index in [1.807, 2.05) is 6.07 Å². The van der Waals surface area contributed by atoms with Crippen LogP contribution in [0.25, 0.3) is 0 Å². The molecular weight excluding hydrogens is 330 g/mol. The minimum absolute atomic E-state index is 0.000448. The van der Waals surface area contributed by atoms with Gasteiger partial charge < -0.3 is 19.5 Å². The van der Waals surface area contributed by atoms with E-state index in [4.69, 9.17) is 0 Å². The molecule has 1 rings (SSSR count). The summed E-state index contributed by atoms with van der Waals surface area (Å²) in [6, 6.07) is 7.48. The molecule has 1 aromatic rings. The number of nitrogens with one attached hydrogen (secondary N) is 1. The predicted octanol–water partition coefficient (Wildman–Crippen LogP) is 0.239. The largest absolute Gasteiger partial charge is 0.469 e. The van der Waals surface area contributed by atoms with Crippen LogP contribution >= 0.6 is 0 Å². The first-order valence-electron chi connectivity index (χ1n) is 7.48. The molecule has 0 fully saturated rings. The Morgan fingerprint density at radius 1 is 0.920 bits per heavy atom. The van der Waals surface area contributed by atoms with Crippen molar-refractivity contribution < 1.29 is 33.4 Å². The summed E-state index contributed by atoms with van der Waals surface area (Å²) in [7, 11) is 3.38. The van der Waals surface area contributed by atoms with Crippen LogP contribution in [0.1, 0.15) is 12.0 Å². The average Bonchev–Trinajstić information content (AvgIpc) is 2.63. The third-order valence-electron chi connectivity index (χ3n) is 3.50. The number of carbonyl (C=O) groups excluding carboxylic acids is 4. The Morgan fingerprint density at radius 2 is 1.52 bits per heavy atom. The number of methoxy groups -OCH3 is 3. The van der Waals surface area contributed by atoms with Gasteiger partial charge in [-0.2, -0.15) is 0 Å². The number of hydrogen-bond donors (Lipinski definition) is 1. The Hall–Kier alpha value is -2.90. The lowest BCUT2D eigenvalue weighted by Crippen LogP contribution is -2.50. The maximum Gasteiger partial charge on any atom is 0.329 e. The van der Waals surface area contributed by atoms with E-state index in [2.05, 4.69) is 19.5 Å². The van der Waals surface area contributed by atoms with E-state index < -0.39 is 42.2 Å². The second-order valence-electron chi connectivity index (χ2n) is 5.14. The van der Waals surface area contributed by atoms with Gasteiger partial charge in [-0.25, -0.2) is 4.79 Å². The lowest BCUT2D eigenvalue weighted by atomic mass is 9.95. The highest BCUT2D eigenvalue weighted by Crippen LogP contribution is 2.15. The highest BCUT2D eigenvalue weighted by molar-refractivity contribution is 5.91. The Balaban J connectivity index is 2.95. The van der Waals surface area contributed by atoms with Crippen molar-refractivity contribution in [2.45, 2.75) is 18.9 Å². The van der Waals surface area contributed by atoms with Gasteiger partial charge in [0.15, 0.2) is 0 Å². The molecule has 0 heterocycles. The number of ether oxygens (including phenoxy) is 3. The molecular formula is C17H21NO7. The summed E-state index contributed by atoms with van der Waals surface area (Å²) in [6.45, 7) is 0. The van der Waals surface area contributed by atoms with Crippen molar-refractivity contribution >= 4 is 23.8 Å². The first kappa shape index (κ1) is 20.1. The topological polar surface area (TPSA) is 108 Å². The standard InChI is InChI=1S/C17H21NO7/c1-23-14(20)10-12(16(21)24-2)15(17(22)25-3)18-13(19)9-11-7-5-4-6-8-11/h4-8,12,15H,9-10H2,1-3H3,(H,18,19)/t12-,15-/m1/s1. The molecule has 0 unspecified atom stereocenters. The number of amides is 1. The van der Waals surface area contributed by atoms with Gasteiger partial charge in [0.1, 0.15) is 6.04 Å². The fourth-order valence-corrected chi connectivity index (χ4v) is 2.21. The van der Waals surface area contributed by atoms with Gasteiger partial charge in [-0.1, -0.05) is 30.3 Å². The summed E-state index contributed by atoms with van der Waals surface area (Å²) in [5.74, 6) is -4.17. The predicted molar refractivity (Wildman–Crippen MR) is 86.2 cm³/mol. The van der Waals surface area contributed by atoms with Gasteiger partial charge in [0, 0.05) is 0 Å². The van der Waals surface area contributed by atoms with Crippen molar-refractivity contribution in [1.82, 2.24) is 5.32 Å². The second-order valence-corrected chi connectivity index (χ2v) is 5.14. The third kappa shape index (κ3) is 6.25. The van der Waals surface area contributed by atoms with Crippen LogP contribution in [-0.2, 0) is 39.8 Å². The summed E-state index contributed by atoms with van der Waals surface area (Å²) in [6.07, 6.45) is -0.436. The summed E-state index contributed by atoms with van der Waals surface area (Å²) in [4.78, 5) is 47.8. The Labute approximate surface area is 145 Å².